The molecule has 0 radical (unpaired) electrons. The molecular formula is C25H30N4O3. The van der Waals surface area contributed by atoms with Crippen LogP contribution in [0.25, 0.3) is 10.9 Å². The van der Waals surface area contributed by atoms with Crippen LogP contribution in [0.1, 0.15) is 12.6 Å². The molecule has 3 aromatic rings. The van der Waals surface area contributed by atoms with E-state index in [0.29, 0.717) is 18.0 Å². The monoisotopic (exact) mass is 434 g/mol. The number of pyridine rings is 1. The standard InChI is InChI=1S/C25H30N4O3/c1-18-15-24(21-7-3-4-8-22(21)26-18)29-13-11-28(12-14-29)16-20(31)17-32-25-10-6-5-9-23(25)27-19(2)30/h3-10,15,20,31H,11-14,16-17H2,1-2H3,(H,27,30). The molecular weight excluding hydrogens is 404 g/mol. The zero-order valence-corrected chi connectivity index (χ0v) is 18.6. The van der Waals surface area contributed by atoms with Gasteiger partial charge in [-0.25, -0.2) is 0 Å². The van der Waals surface area contributed by atoms with Gasteiger partial charge in [0.2, 0.25) is 5.91 Å². The van der Waals surface area contributed by atoms with Gasteiger partial charge in [0.15, 0.2) is 0 Å². The van der Waals surface area contributed by atoms with Crippen molar-refractivity contribution in [2.75, 3.05) is 49.5 Å². The molecule has 2 aromatic carbocycles. The maximum atomic E-state index is 11.4. The largest absolute Gasteiger partial charge is 0.489 e. The van der Waals surface area contributed by atoms with E-state index in [4.69, 9.17) is 4.74 Å². The van der Waals surface area contributed by atoms with Crippen LogP contribution in [0.3, 0.4) is 0 Å². The van der Waals surface area contributed by atoms with Crippen LogP contribution >= 0.6 is 0 Å². The molecule has 0 bridgehead atoms. The van der Waals surface area contributed by atoms with Crippen LogP contribution < -0.4 is 15.0 Å². The molecule has 0 saturated carbocycles. The predicted octanol–water partition coefficient (Wildman–Crippen LogP) is 3.06. The minimum Gasteiger partial charge on any atom is -0.489 e. The fraction of sp³-hybridized carbons (Fsp3) is 0.360. The van der Waals surface area contributed by atoms with Crippen molar-refractivity contribution in [1.29, 1.82) is 0 Å². The van der Waals surface area contributed by atoms with E-state index in [9.17, 15) is 9.90 Å². The second kappa shape index (κ2) is 9.97. The van der Waals surface area contributed by atoms with Crippen LogP contribution in [0.5, 0.6) is 5.75 Å². The first-order valence-corrected chi connectivity index (χ1v) is 11.0. The number of nitrogens with zero attached hydrogens (tertiary/aromatic N) is 3. The van der Waals surface area contributed by atoms with Crippen LogP contribution in [0.2, 0.25) is 0 Å². The summed E-state index contributed by atoms with van der Waals surface area (Å²) in [7, 11) is 0. The third kappa shape index (κ3) is 5.36. The van der Waals surface area contributed by atoms with Crippen LogP contribution in [0.15, 0.2) is 54.6 Å². The number of aliphatic hydroxyl groups excluding tert-OH is 1. The summed E-state index contributed by atoms with van der Waals surface area (Å²) in [5, 5.41) is 14.4. The highest BCUT2D eigenvalue weighted by Crippen LogP contribution is 2.28. The molecule has 1 aromatic heterocycles. The lowest BCUT2D eigenvalue weighted by Crippen LogP contribution is -2.49. The first kappa shape index (κ1) is 22.0. The molecule has 1 aliphatic rings. The second-order valence-corrected chi connectivity index (χ2v) is 8.23. The number of hydrogen-bond acceptors (Lipinski definition) is 6. The van der Waals surface area contributed by atoms with Crippen molar-refractivity contribution < 1.29 is 14.6 Å². The normalized spacial score (nSPS) is 15.5. The number of β-amino-alcohol motifs (C(OH)–C–C–N with tert-alkyl or cyclic N) is 1. The predicted molar refractivity (Wildman–Crippen MR) is 127 cm³/mol. The summed E-state index contributed by atoms with van der Waals surface area (Å²) >= 11 is 0. The number of anilines is 2. The molecule has 7 nitrogen and oxygen atoms in total. The minimum atomic E-state index is -0.615. The fourth-order valence-corrected chi connectivity index (χ4v) is 4.14. The molecule has 0 aliphatic carbocycles. The van der Waals surface area contributed by atoms with Crippen molar-refractivity contribution in [2.24, 2.45) is 0 Å². The van der Waals surface area contributed by atoms with Crippen molar-refractivity contribution in [3.63, 3.8) is 0 Å². The highest BCUT2D eigenvalue weighted by molar-refractivity contribution is 5.92. The number of piperazine rings is 1. The second-order valence-electron chi connectivity index (χ2n) is 8.23. The van der Waals surface area contributed by atoms with Crippen molar-refractivity contribution in [3.8, 4) is 5.75 Å². The van der Waals surface area contributed by atoms with E-state index in [1.165, 1.54) is 18.0 Å². The number of aromatic nitrogens is 1. The zero-order chi connectivity index (χ0) is 22.5. The summed E-state index contributed by atoms with van der Waals surface area (Å²) in [5.74, 6) is 0.406. The van der Waals surface area contributed by atoms with E-state index in [2.05, 4.69) is 44.4 Å². The summed E-state index contributed by atoms with van der Waals surface area (Å²) in [5.41, 5.74) is 3.89. The molecule has 1 fully saturated rings. The number of fused-ring (bicyclic) bond motifs is 1. The highest BCUT2D eigenvalue weighted by Gasteiger charge is 2.21. The number of nitrogens with one attached hydrogen (secondary N) is 1. The molecule has 2 heterocycles. The summed E-state index contributed by atoms with van der Waals surface area (Å²) in [6.07, 6.45) is -0.615. The first-order valence-electron chi connectivity index (χ1n) is 11.0. The molecule has 0 spiro atoms. The molecule has 2 N–H and O–H groups in total. The van der Waals surface area contributed by atoms with Crippen molar-refractivity contribution in [3.05, 3.63) is 60.3 Å². The first-order chi connectivity index (χ1) is 15.5. The van der Waals surface area contributed by atoms with Gasteiger partial charge in [0.25, 0.3) is 0 Å². The van der Waals surface area contributed by atoms with Gasteiger partial charge in [-0.05, 0) is 31.2 Å². The number of carbonyl (C=O) groups is 1. The number of rotatable bonds is 7. The number of amides is 1. The Hall–Kier alpha value is -3.16. The molecule has 1 atom stereocenters. The SMILES string of the molecule is CC(=O)Nc1ccccc1OCC(O)CN1CCN(c2cc(C)nc3ccccc23)CC1. The topological polar surface area (TPSA) is 77.9 Å². The molecule has 168 valence electrons. The maximum absolute atomic E-state index is 11.4. The number of carbonyl (C=O) groups excluding carboxylic acids is 1. The Kier molecular flexibility index (Phi) is 6.87. The Morgan fingerprint density at radius 3 is 2.62 bits per heavy atom. The van der Waals surface area contributed by atoms with E-state index in [0.717, 1.165) is 37.4 Å². The number of aliphatic hydroxyl groups is 1. The van der Waals surface area contributed by atoms with Gasteiger partial charge >= 0.3 is 0 Å². The zero-order valence-electron chi connectivity index (χ0n) is 18.6. The van der Waals surface area contributed by atoms with Crippen molar-refractivity contribution in [2.45, 2.75) is 20.0 Å². The van der Waals surface area contributed by atoms with Gasteiger partial charge < -0.3 is 20.1 Å². The van der Waals surface area contributed by atoms with Crippen LogP contribution in [-0.4, -0.2) is 66.3 Å². The van der Waals surface area contributed by atoms with Gasteiger partial charge in [0.1, 0.15) is 18.5 Å². The molecule has 32 heavy (non-hydrogen) atoms. The van der Waals surface area contributed by atoms with Crippen LogP contribution in [0.4, 0.5) is 11.4 Å². The lowest BCUT2D eigenvalue weighted by Gasteiger charge is -2.37. The van der Waals surface area contributed by atoms with E-state index in [1.54, 1.807) is 12.1 Å². The number of hydrogen-bond donors (Lipinski definition) is 2. The Morgan fingerprint density at radius 1 is 1.12 bits per heavy atom. The number of aryl methyl sites for hydroxylation is 1. The molecule has 1 aliphatic heterocycles. The smallest absolute Gasteiger partial charge is 0.221 e. The molecule has 7 heteroatoms. The van der Waals surface area contributed by atoms with Gasteiger partial charge in [-0.1, -0.05) is 30.3 Å². The molecule has 1 amide bonds. The van der Waals surface area contributed by atoms with E-state index in [-0.39, 0.29) is 12.5 Å². The minimum absolute atomic E-state index is 0.156. The third-order valence-electron chi connectivity index (χ3n) is 5.63. The van der Waals surface area contributed by atoms with E-state index < -0.39 is 6.10 Å². The lowest BCUT2D eigenvalue weighted by molar-refractivity contribution is -0.114. The molecule has 1 unspecified atom stereocenters. The van der Waals surface area contributed by atoms with E-state index >= 15 is 0 Å². The third-order valence-corrected chi connectivity index (χ3v) is 5.63. The Morgan fingerprint density at radius 2 is 1.84 bits per heavy atom. The molecule has 4 rings (SSSR count). The quantitative estimate of drug-likeness (QED) is 0.595. The number of ether oxygens (including phenoxy) is 1. The van der Waals surface area contributed by atoms with Gasteiger partial charge in [-0.15, -0.1) is 0 Å². The van der Waals surface area contributed by atoms with Gasteiger partial charge in [-0.3, -0.25) is 14.7 Å². The maximum Gasteiger partial charge on any atom is 0.221 e. The summed E-state index contributed by atoms with van der Waals surface area (Å²) in [6.45, 7) is 7.74. The van der Waals surface area contributed by atoms with E-state index in [1.807, 2.05) is 25.1 Å². The summed E-state index contributed by atoms with van der Waals surface area (Å²) in [6, 6.07) is 17.7. The summed E-state index contributed by atoms with van der Waals surface area (Å²) < 4.78 is 5.78. The Labute approximate surface area is 188 Å². The fourth-order valence-electron chi connectivity index (χ4n) is 4.14. The van der Waals surface area contributed by atoms with Gasteiger partial charge in [0, 0.05) is 56.4 Å². The van der Waals surface area contributed by atoms with Crippen LogP contribution in [0, 0.1) is 6.92 Å². The van der Waals surface area contributed by atoms with Crippen LogP contribution in [-0.2, 0) is 4.79 Å². The van der Waals surface area contributed by atoms with Gasteiger partial charge in [0.05, 0.1) is 11.2 Å². The Balaban J connectivity index is 1.31. The van der Waals surface area contributed by atoms with Crippen molar-refractivity contribution in [1.82, 2.24) is 9.88 Å². The lowest BCUT2D eigenvalue weighted by atomic mass is 10.1. The molecule has 1 saturated heterocycles. The average molecular weight is 435 g/mol. The number of benzene rings is 2. The highest BCUT2D eigenvalue weighted by atomic mass is 16.5. The summed E-state index contributed by atoms with van der Waals surface area (Å²) in [4.78, 5) is 20.7. The van der Waals surface area contributed by atoms with Gasteiger partial charge in [-0.2, -0.15) is 0 Å². The van der Waals surface area contributed by atoms with Crippen molar-refractivity contribution >= 4 is 28.2 Å². The number of para-hydroxylation sites is 3. The average Bonchev–Trinajstić information content (AvgIpc) is 2.78. The Bertz CT molecular complexity index is 1080.